The molecule has 35 heavy (non-hydrogen) atoms. The summed E-state index contributed by atoms with van der Waals surface area (Å²) in [7, 11) is -4.58. The topological polar surface area (TPSA) is 183 Å². The number of esters is 1. The van der Waals surface area contributed by atoms with Gasteiger partial charge in [0.15, 0.2) is 0 Å². The highest BCUT2D eigenvalue weighted by Gasteiger charge is 2.26. The summed E-state index contributed by atoms with van der Waals surface area (Å²) >= 11 is 0. The molecule has 0 aromatic rings. The largest absolute Gasteiger partial charge is 0.472 e. The minimum Gasteiger partial charge on any atom is -0.463 e. The highest BCUT2D eigenvalue weighted by Crippen LogP contribution is 2.43. The second-order valence-corrected chi connectivity index (χ2v) is 9.29. The van der Waals surface area contributed by atoms with Gasteiger partial charge in [-0.05, 0) is 32.1 Å². The van der Waals surface area contributed by atoms with E-state index in [-0.39, 0.29) is 13.0 Å². The average Bonchev–Trinajstić information content (AvgIpc) is 2.78. The number of aliphatic hydroxyl groups excluding tert-OH is 2. The predicted octanol–water partition coefficient (Wildman–Crippen LogP) is 2.22. The van der Waals surface area contributed by atoms with E-state index in [0.29, 0.717) is 6.42 Å². The van der Waals surface area contributed by atoms with E-state index < -0.39 is 52.1 Å². The van der Waals surface area contributed by atoms with Crippen LogP contribution in [0.25, 0.3) is 0 Å². The van der Waals surface area contributed by atoms with E-state index in [1.807, 2.05) is 6.08 Å². The summed E-state index contributed by atoms with van der Waals surface area (Å²) in [5.41, 5.74) is 0. The van der Waals surface area contributed by atoms with Gasteiger partial charge >= 0.3 is 13.8 Å². The fourth-order valence-corrected chi connectivity index (χ4v) is 3.38. The molecule has 0 saturated carbocycles. The van der Waals surface area contributed by atoms with Gasteiger partial charge in [0.25, 0.3) is 5.97 Å². The number of hydrogen-bond donors (Lipinski definition) is 6. The van der Waals surface area contributed by atoms with Crippen LogP contribution >= 0.6 is 7.82 Å². The molecule has 2 atom stereocenters. The average molecular weight is 525 g/mol. The summed E-state index contributed by atoms with van der Waals surface area (Å²) in [5.74, 6) is -3.52. The van der Waals surface area contributed by atoms with E-state index in [4.69, 9.17) is 25.2 Å². The monoisotopic (exact) mass is 524 g/mol. The molecule has 0 heterocycles. The lowest BCUT2D eigenvalue weighted by Gasteiger charge is -2.17. The first-order valence-electron chi connectivity index (χ1n) is 11.7. The number of aliphatic hydroxyl groups is 5. The van der Waals surface area contributed by atoms with Crippen molar-refractivity contribution in [3.05, 3.63) is 36.5 Å². The van der Waals surface area contributed by atoms with Gasteiger partial charge in [-0.1, -0.05) is 55.7 Å². The van der Waals surface area contributed by atoms with Crippen LogP contribution in [-0.4, -0.2) is 74.9 Å². The molecule has 12 heteroatoms. The quantitative estimate of drug-likeness (QED) is 0.0401. The molecule has 0 amide bonds. The van der Waals surface area contributed by atoms with Crippen molar-refractivity contribution in [3.63, 3.8) is 0 Å². The highest BCUT2D eigenvalue weighted by molar-refractivity contribution is 7.47. The molecule has 0 saturated heterocycles. The molecule has 204 valence electrons. The lowest BCUT2D eigenvalue weighted by Crippen LogP contribution is -2.28. The summed E-state index contributed by atoms with van der Waals surface area (Å²) in [6.07, 6.45) is 17.6. The molecule has 0 rings (SSSR count). The first-order valence-corrected chi connectivity index (χ1v) is 13.2. The second-order valence-electron chi connectivity index (χ2n) is 7.83. The zero-order chi connectivity index (χ0) is 26.4. The van der Waals surface area contributed by atoms with Crippen LogP contribution < -0.4 is 0 Å². The molecule has 0 aromatic carbocycles. The number of unbranched alkanes of at least 4 members (excludes halogenated alkanes) is 5. The molecule has 0 fully saturated rings. The molecule has 0 aliphatic rings. The van der Waals surface area contributed by atoms with Crippen LogP contribution in [-0.2, 0) is 23.1 Å². The molecular formula is C23H41O11P. The van der Waals surface area contributed by atoms with Crippen LogP contribution in [0, 0.1) is 0 Å². The van der Waals surface area contributed by atoms with Gasteiger partial charge in [0.2, 0.25) is 0 Å². The normalized spacial score (nSPS) is 15.3. The Balaban J connectivity index is 3.66. The number of carbonyl (C=O) groups excluding carboxylic acids is 1. The lowest BCUT2D eigenvalue weighted by molar-refractivity contribution is -0.316. The Bertz CT molecular complexity index is 671. The molecule has 1 unspecified atom stereocenters. The van der Waals surface area contributed by atoms with E-state index in [1.165, 1.54) is 0 Å². The Labute approximate surface area is 207 Å². The number of phosphoric acid groups is 1. The van der Waals surface area contributed by atoms with Crippen LogP contribution in [0.5, 0.6) is 0 Å². The first kappa shape index (κ1) is 33.6. The third-order valence-corrected chi connectivity index (χ3v) is 5.44. The summed E-state index contributed by atoms with van der Waals surface area (Å²) in [4.78, 5) is 21.1. The first-order chi connectivity index (χ1) is 16.6. The van der Waals surface area contributed by atoms with Crippen molar-refractivity contribution in [1.29, 1.82) is 0 Å². The van der Waals surface area contributed by atoms with E-state index in [1.54, 1.807) is 6.08 Å². The number of rotatable bonds is 22. The van der Waals surface area contributed by atoms with Crippen molar-refractivity contribution >= 4 is 13.8 Å². The Hall–Kier alpha value is -1.40. The van der Waals surface area contributed by atoms with Gasteiger partial charge in [-0.3, -0.25) is 13.8 Å². The summed E-state index contributed by atoms with van der Waals surface area (Å²) in [6.45, 7) is -1.66. The van der Waals surface area contributed by atoms with E-state index in [2.05, 4.69) is 33.4 Å². The van der Waals surface area contributed by atoms with Gasteiger partial charge < -0.3 is 35.2 Å². The van der Waals surface area contributed by atoms with Crippen molar-refractivity contribution in [1.82, 2.24) is 0 Å². The number of allylic oxidation sites excluding steroid dienone is 5. The number of hydrogen-bond acceptors (Lipinski definition) is 10. The molecule has 0 aromatic heterocycles. The standard InChI is InChI=1S/C23H41O11P/c24-17-14-12-10-8-6-4-2-1-3-5-7-9-11-13-15-22(26)32-19-21(25)20-34-35(30,31)33-18-16-23(27,28)29/h1-2,6,8,12,14,21,24-25,27-29H,3-5,7,9-11,13,15-20H2,(H,30,31)/b2-1-,8-6-,14-12-/t21-/m1/s1. The van der Waals surface area contributed by atoms with Crippen LogP contribution in [0.15, 0.2) is 36.5 Å². The maximum atomic E-state index is 11.7. The fourth-order valence-electron chi connectivity index (χ4n) is 2.62. The van der Waals surface area contributed by atoms with Crippen LogP contribution in [0.1, 0.15) is 64.2 Å². The van der Waals surface area contributed by atoms with Crippen LogP contribution in [0.4, 0.5) is 0 Å². The highest BCUT2D eigenvalue weighted by atomic mass is 31.2. The molecule has 6 N–H and O–H groups in total. The molecule has 11 nitrogen and oxygen atoms in total. The van der Waals surface area contributed by atoms with Crippen LogP contribution in [0.3, 0.4) is 0 Å². The Morgan fingerprint density at radius 2 is 1.46 bits per heavy atom. The van der Waals surface area contributed by atoms with Crippen molar-refractivity contribution in [2.75, 3.05) is 26.4 Å². The molecule has 0 spiro atoms. The molecule has 0 aliphatic carbocycles. The van der Waals surface area contributed by atoms with Gasteiger partial charge in [-0.15, -0.1) is 0 Å². The Morgan fingerprint density at radius 3 is 2.11 bits per heavy atom. The number of phosphoric ester groups is 1. The zero-order valence-corrected chi connectivity index (χ0v) is 21.0. The lowest BCUT2D eigenvalue weighted by atomic mass is 10.1. The molecule has 0 radical (unpaired) electrons. The van der Waals surface area contributed by atoms with Gasteiger partial charge in [-0.25, -0.2) is 4.57 Å². The van der Waals surface area contributed by atoms with Gasteiger partial charge in [0.05, 0.1) is 26.2 Å². The van der Waals surface area contributed by atoms with Gasteiger partial charge in [0.1, 0.15) is 12.7 Å². The number of ether oxygens (including phenoxy) is 1. The van der Waals surface area contributed by atoms with E-state index >= 15 is 0 Å². The molecular weight excluding hydrogens is 483 g/mol. The predicted molar refractivity (Wildman–Crippen MR) is 129 cm³/mol. The van der Waals surface area contributed by atoms with Crippen molar-refractivity contribution in [2.45, 2.75) is 76.3 Å². The minimum atomic E-state index is -4.58. The van der Waals surface area contributed by atoms with Gasteiger partial charge in [-0.2, -0.15) is 0 Å². The smallest absolute Gasteiger partial charge is 0.463 e. The second kappa shape index (κ2) is 20.8. The minimum absolute atomic E-state index is 0.0725. The number of carbonyl (C=O) groups is 1. The molecule has 0 aliphatic heterocycles. The third-order valence-electron chi connectivity index (χ3n) is 4.46. The van der Waals surface area contributed by atoms with Crippen molar-refractivity contribution < 1.29 is 53.6 Å². The maximum absolute atomic E-state index is 11.7. The van der Waals surface area contributed by atoms with Crippen LogP contribution in [0.2, 0.25) is 0 Å². The van der Waals surface area contributed by atoms with E-state index in [0.717, 1.165) is 44.9 Å². The Kier molecular flexibility index (Phi) is 19.9. The van der Waals surface area contributed by atoms with Gasteiger partial charge in [0, 0.05) is 6.42 Å². The fraction of sp³-hybridized carbons (Fsp3) is 0.696. The summed E-state index contributed by atoms with van der Waals surface area (Å²) in [6, 6.07) is 0. The summed E-state index contributed by atoms with van der Waals surface area (Å²) in [5, 5.41) is 44.3. The SMILES string of the molecule is O=C(CCCCCCC/C=C\C/C=C\C/C=C\CO)OC[C@@H](O)COP(=O)(O)OCCC(O)(O)O. The summed E-state index contributed by atoms with van der Waals surface area (Å²) < 4.78 is 25.4. The maximum Gasteiger partial charge on any atom is 0.472 e. The van der Waals surface area contributed by atoms with Crippen molar-refractivity contribution in [3.8, 4) is 0 Å². The third kappa shape index (κ3) is 25.5. The molecule has 0 bridgehead atoms. The van der Waals surface area contributed by atoms with Crippen molar-refractivity contribution in [2.24, 2.45) is 0 Å². The van der Waals surface area contributed by atoms with E-state index in [9.17, 15) is 19.4 Å². The zero-order valence-electron chi connectivity index (χ0n) is 20.1. The Morgan fingerprint density at radius 1 is 0.857 bits per heavy atom.